The van der Waals surface area contributed by atoms with Gasteiger partial charge in [-0.25, -0.2) is 4.98 Å². The molecule has 88 valence electrons. The van der Waals surface area contributed by atoms with Crippen LogP contribution in [-0.4, -0.2) is 16.5 Å². The molecule has 2 rings (SSSR count). The molecule has 0 radical (unpaired) electrons. The van der Waals surface area contributed by atoms with E-state index in [9.17, 15) is 4.79 Å². The molecule has 4 nitrogen and oxygen atoms in total. The van der Waals surface area contributed by atoms with E-state index < -0.39 is 0 Å². The Labute approximate surface area is 95.5 Å². The first-order chi connectivity index (χ1) is 7.70. The summed E-state index contributed by atoms with van der Waals surface area (Å²) in [5.74, 6) is 1.40. The molecular weight excluding hydrogens is 202 g/mol. The normalized spacial score (nSPS) is 16.9. The van der Waals surface area contributed by atoms with Gasteiger partial charge in [-0.15, -0.1) is 0 Å². The highest BCUT2D eigenvalue weighted by molar-refractivity contribution is 5.20. The molecule has 0 saturated carbocycles. The SMILES string of the molecule is CC[C@H](C)Cc1nc2c(c(=O)[nH]1)CCNC2. The maximum atomic E-state index is 11.8. The van der Waals surface area contributed by atoms with E-state index in [-0.39, 0.29) is 5.56 Å². The molecule has 0 amide bonds. The molecule has 1 aromatic rings. The zero-order valence-corrected chi connectivity index (χ0v) is 9.97. The lowest BCUT2D eigenvalue weighted by Gasteiger charge is -2.16. The summed E-state index contributed by atoms with van der Waals surface area (Å²) >= 11 is 0. The van der Waals surface area contributed by atoms with Crippen LogP contribution in [0.1, 0.15) is 37.4 Å². The third-order valence-electron chi connectivity index (χ3n) is 3.23. The van der Waals surface area contributed by atoms with Crippen molar-refractivity contribution in [3.8, 4) is 0 Å². The zero-order valence-electron chi connectivity index (χ0n) is 9.97. The molecule has 1 aromatic heterocycles. The highest BCUT2D eigenvalue weighted by Crippen LogP contribution is 2.10. The Morgan fingerprint density at radius 2 is 2.31 bits per heavy atom. The summed E-state index contributed by atoms with van der Waals surface area (Å²) in [6.45, 7) is 5.94. The van der Waals surface area contributed by atoms with Crippen LogP contribution in [0.5, 0.6) is 0 Å². The van der Waals surface area contributed by atoms with Crippen molar-refractivity contribution in [1.82, 2.24) is 15.3 Å². The summed E-state index contributed by atoms with van der Waals surface area (Å²) in [6.07, 6.45) is 2.76. The van der Waals surface area contributed by atoms with Crippen molar-refractivity contribution in [2.24, 2.45) is 5.92 Å². The average Bonchev–Trinajstić information content (AvgIpc) is 2.29. The molecule has 1 aliphatic heterocycles. The van der Waals surface area contributed by atoms with E-state index >= 15 is 0 Å². The van der Waals surface area contributed by atoms with Crippen LogP contribution < -0.4 is 10.9 Å². The van der Waals surface area contributed by atoms with Gasteiger partial charge in [-0.1, -0.05) is 20.3 Å². The molecule has 0 bridgehead atoms. The molecule has 2 heterocycles. The highest BCUT2D eigenvalue weighted by atomic mass is 16.1. The molecule has 0 saturated heterocycles. The van der Waals surface area contributed by atoms with Gasteiger partial charge in [-0.3, -0.25) is 4.79 Å². The summed E-state index contributed by atoms with van der Waals surface area (Å²) in [4.78, 5) is 19.3. The fraction of sp³-hybridized carbons (Fsp3) is 0.667. The van der Waals surface area contributed by atoms with Gasteiger partial charge in [0.2, 0.25) is 0 Å². The van der Waals surface area contributed by atoms with Gasteiger partial charge in [-0.05, 0) is 18.9 Å². The fourth-order valence-electron chi connectivity index (χ4n) is 1.99. The van der Waals surface area contributed by atoms with E-state index in [0.29, 0.717) is 5.92 Å². The predicted octanol–water partition coefficient (Wildman–Crippen LogP) is 1.00. The molecule has 0 spiro atoms. The van der Waals surface area contributed by atoms with Crippen molar-refractivity contribution in [2.75, 3.05) is 6.54 Å². The monoisotopic (exact) mass is 221 g/mol. The van der Waals surface area contributed by atoms with E-state index in [1.54, 1.807) is 0 Å². The number of H-pyrrole nitrogens is 1. The molecule has 0 aliphatic carbocycles. The first-order valence-corrected chi connectivity index (χ1v) is 6.02. The second-order valence-corrected chi connectivity index (χ2v) is 4.58. The van der Waals surface area contributed by atoms with Crippen LogP contribution in [0.25, 0.3) is 0 Å². The van der Waals surface area contributed by atoms with E-state index in [2.05, 4.69) is 29.1 Å². The Balaban J connectivity index is 2.28. The molecule has 2 N–H and O–H groups in total. The highest BCUT2D eigenvalue weighted by Gasteiger charge is 2.15. The van der Waals surface area contributed by atoms with Gasteiger partial charge in [0.25, 0.3) is 5.56 Å². The lowest BCUT2D eigenvalue weighted by atomic mass is 10.0. The number of hydrogen-bond donors (Lipinski definition) is 2. The van der Waals surface area contributed by atoms with Crippen LogP contribution in [0.15, 0.2) is 4.79 Å². The summed E-state index contributed by atoms with van der Waals surface area (Å²) in [5, 5.41) is 3.25. The van der Waals surface area contributed by atoms with Crippen LogP contribution in [0.4, 0.5) is 0 Å². The lowest BCUT2D eigenvalue weighted by molar-refractivity contribution is 0.533. The molecule has 16 heavy (non-hydrogen) atoms. The lowest BCUT2D eigenvalue weighted by Crippen LogP contribution is -2.32. The third kappa shape index (κ3) is 2.32. The maximum Gasteiger partial charge on any atom is 0.254 e. The molecule has 1 aliphatic rings. The second-order valence-electron chi connectivity index (χ2n) is 4.58. The number of rotatable bonds is 3. The fourth-order valence-corrected chi connectivity index (χ4v) is 1.99. The van der Waals surface area contributed by atoms with Gasteiger partial charge >= 0.3 is 0 Å². The van der Waals surface area contributed by atoms with Crippen LogP contribution in [-0.2, 0) is 19.4 Å². The second kappa shape index (κ2) is 4.78. The predicted molar refractivity (Wildman–Crippen MR) is 63.4 cm³/mol. The summed E-state index contributed by atoms with van der Waals surface area (Å²) in [7, 11) is 0. The number of fused-ring (bicyclic) bond motifs is 1. The van der Waals surface area contributed by atoms with Crippen LogP contribution in [0.3, 0.4) is 0 Å². The summed E-state index contributed by atoms with van der Waals surface area (Å²) in [6, 6.07) is 0. The largest absolute Gasteiger partial charge is 0.311 e. The van der Waals surface area contributed by atoms with Crippen LogP contribution in [0.2, 0.25) is 0 Å². The van der Waals surface area contributed by atoms with Crippen LogP contribution >= 0.6 is 0 Å². The van der Waals surface area contributed by atoms with Gasteiger partial charge in [0.15, 0.2) is 0 Å². The molecule has 0 aromatic carbocycles. The maximum absolute atomic E-state index is 11.8. The van der Waals surface area contributed by atoms with Gasteiger partial charge in [0.1, 0.15) is 5.82 Å². The Morgan fingerprint density at radius 3 is 3.06 bits per heavy atom. The van der Waals surface area contributed by atoms with Gasteiger partial charge in [-0.2, -0.15) is 0 Å². The Morgan fingerprint density at radius 1 is 1.50 bits per heavy atom. The van der Waals surface area contributed by atoms with Gasteiger partial charge in [0.05, 0.1) is 5.69 Å². The Bertz CT molecular complexity index is 425. The van der Waals surface area contributed by atoms with Crippen molar-refractivity contribution in [2.45, 2.75) is 39.7 Å². The van der Waals surface area contributed by atoms with E-state index in [1.807, 2.05) is 0 Å². The Kier molecular flexibility index (Phi) is 3.39. The van der Waals surface area contributed by atoms with Gasteiger partial charge < -0.3 is 10.3 Å². The average molecular weight is 221 g/mol. The number of nitrogens with zero attached hydrogens (tertiary/aromatic N) is 1. The van der Waals surface area contributed by atoms with E-state index in [4.69, 9.17) is 0 Å². The van der Waals surface area contributed by atoms with E-state index in [1.165, 1.54) is 0 Å². The standard InChI is InChI=1S/C12H19N3O/c1-3-8(2)6-11-14-10-7-13-5-4-9(10)12(16)15-11/h8,13H,3-7H2,1-2H3,(H,14,15,16)/t8-/m0/s1. The number of nitrogens with one attached hydrogen (secondary N) is 2. The van der Waals surface area contributed by atoms with Gasteiger partial charge in [0, 0.05) is 18.5 Å². The van der Waals surface area contributed by atoms with Crippen LogP contribution in [0, 0.1) is 5.92 Å². The molecule has 4 heteroatoms. The summed E-state index contributed by atoms with van der Waals surface area (Å²) in [5.41, 5.74) is 1.87. The minimum absolute atomic E-state index is 0.0600. The molecular formula is C12H19N3O. The molecule has 0 unspecified atom stereocenters. The topological polar surface area (TPSA) is 57.8 Å². The van der Waals surface area contributed by atoms with Crippen molar-refractivity contribution in [3.05, 3.63) is 27.4 Å². The smallest absolute Gasteiger partial charge is 0.254 e. The zero-order chi connectivity index (χ0) is 11.5. The van der Waals surface area contributed by atoms with Crippen molar-refractivity contribution < 1.29 is 0 Å². The molecule has 1 atom stereocenters. The van der Waals surface area contributed by atoms with E-state index in [0.717, 1.165) is 49.4 Å². The Hall–Kier alpha value is -1.16. The number of hydrogen-bond acceptors (Lipinski definition) is 3. The minimum Gasteiger partial charge on any atom is -0.311 e. The van der Waals surface area contributed by atoms with Crippen molar-refractivity contribution in [1.29, 1.82) is 0 Å². The first kappa shape index (κ1) is 11.3. The van der Waals surface area contributed by atoms with Crippen molar-refractivity contribution in [3.63, 3.8) is 0 Å². The number of aromatic amines is 1. The molecule has 0 fully saturated rings. The third-order valence-corrected chi connectivity index (χ3v) is 3.23. The minimum atomic E-state index is 0.0600. The van der Waals surface area contributed by atoms with Crippen molar-refractivity contribution >= 4 is 0 Å². The quantitative estimate of drug-likeness (QED) is 0.800. The summed E-state index contributed by atoms with van der Waals surface area (Å²) < 4.78 is 0. The first-order valence-electron chi connectivity index (χ1n) is 6.02. The number of aromatic nitrogens is 2.